The molecule has 0 saturated heterocycles. The molecule has 4 fully saturated rings. The second-order valence-corrected chi connectivity index (χ2v) is 13.2. The van der Waals surface area contributed by atoms with E-state index < -0.39 is 0 Å². The zero-order valence-corrected chi connectivity index (χ0v) is 20.7. The van der Waals surface area contributed by atoms with E-state index in [0.29, 0.717) is 34.5 Å². The Morgan fingerprint density at radius 1 is 0.833 bits per heavy atom. The van der Waals surface area contributed by atoms with Crippen molar-refractivity contribution >= 4 is 0 Å². The summed E-state index contributed by atoms with van der Waals surface area (Å²) in [5, 5.41) is 21.4. The fourth-order valence-electron chi connectivity index (χ4n) is 9.28. The molecular formula is C28H50O2. The Morgan fingerprint density at radius 3 is 2.20 bits per heavy atom. The number of aliphatic hydroxyl groups is 2. The first-order valence-electron chi connectivity index (χ1n) is 13.4. The molecule has 0 radical (unpaired) electrons. The Bertz CT molecular complexity index is 601. The summed E-state index contributed by atoms with van der Waals surface area (Å²) in [6.45, 7) is 14.5. The van der Waals surface area contributed by atoms with Gasteiger partial charge in [0.1, 0.15) is 0 Å². The van der Waals surface area contributed by atoms with Crippen molar-refractivity contribution in [3.63, 3.8) is 0 Å². The highest BCUT2D eigenvalue weighted by molar-refractivity contribution is 5.10. The molecule has 4 aliphatic rings. The van der Waals surface area contributed by atoms with E-state index in [1.165, 1.54) is 44.9 Å². The molecular weight excluding hydrogens is 368 g/mol. The molecule has 2 nitrogen and oxygen atoms in total. The Kier molecular flexibility index (Phi) is 6.44. The van der Waals surface area contributed by atoms with Gasteiger partial charge in [0.2, 0.25) is 0 Å². The lowest BCUT2D eigenvalue weighted by atomic mass is 9.44. The molecule has 2 N–H and O–H groups in total. The van der Waals surface area contributed by atoms with Crippen LogP contribution in [0.4, 0.5) is 0 Å². The van der Waals surface area contributed by atoms with Gasteiger partial charge in [0.25, 0.3) is 0 Å². The molecule has 0 heterocycles. The van der Waals surface area contributed by atoms with Crippen LogP contribution >= 0.6 is 0 Å². The van der Waals surface area contributed by atoms with E-state index in [1.807, 2.05) is 0 Å². The molecule has 0 aliphatic heterocycles. The Morgan fingerprint density at radius 2 is 1.50 bits per heavy atom. The van der Waals surface area contributed by atoms with Crippen molar-refractivity contribution < 1.29 is 10.2 Å². The smallest absolute Gasteiger partial charge is 0.0571 e. The second-order valence-electron chi connectivity index (χ2n) is 13.2. The molecule has 4 rings (SSSR count). The molecule has 30 heavy (non-hydrogen) atoms. The normalized spacial score (nSPS) is 49.1. The van der Waals surface area contributed by atoms with Gasteiger partial charge in [-0.15, -0.1) is 0 Å². The van der Waals surface area contributed by atoms with E-state index in [1.54, 1.807) is 0 Å². The van der Waals surface area contributed by atoms with Crippen molar-refractivity contribution in [2.24, 2.45) is 58.2 Å². The van der Waals surface area contributed by atoms with Crippen LogP contribution in [-0.4, -0.2) is 22.4 Å². The van der Waals surface area contributed by atoms with E-state index in [0.717, 1.165) is 42.9 Å². The fourth-order valence-corrected chi connectivity index (χ4v) is 9.28. The lowest BCUT2D eigenvalue weighted by molar-refractivity contribution is -0.132. The van der Waals surface area contributed by atoms with Crippen LogP contribution < -0.4 is 0 Å². The SMILES string of the molecule is CC(C)[C@@H](C)C[C@H](O)[C@@H](C)[C@H]1CC[C@H]2[C@@H]3CC[C@H]4C[C@@H](O)CC[C@]4(C)[C@H]3CC[C@]12C. The third kappa shape index (κ3) is 3.70. The predicted molar refractivity (Wildman–Crippen MR) is 125 cm³/mol. The summed E-state index contributed by atoms with van der Waals surface area (Å²) >= 11 is 0. The van der Waals surface area contributed by atoms with Crippen LogP contribution in [0.25, 0.3) is 0 Å². The van der Waals surface area contributed by atoms with E-state index in [2.05, 4.69) is 41.5 Å². The Balaban J connectivity index is 1.49. The molecule has 0 amide bonds. The molecule has 0 aromatic rings. The molecule has 0 spiro atoms. The second kappa shape index (κ2) is 8.36. The van der Waals surface area contributed by atoms with Crippen LogP contribution in [0.15, 0.2) is 0 Å². The van der Waals surface area contributed by atoms with Gasteiger partial charge in [-0.05, 0) is 122 Å². The van der Waals surface area contributed by atoms with Crippen LogP contribution in [0.3, 0.4) is 0 Å². The number of rotatable bonds is 5. The third-order valence-electron chi connectivity index (χ3n) is 11.7. The first-order chi connectivity index (χ1) is 14.1. The van der Waals surface area contributed by atoms with Gasteiger partial charge in [0.15, 0.2) is 0 Å². The first kappa shape index (κ1) is 23.1. The van der Waals surface area contributed by atoms with Gasteiger partial charge in [0, 0.05) is 0 Å². The summed E-state index contributed by atoms with van der Waals surface area (Å²) in [4.78, 5) is 0. The van der Waals surface area contributed by atoms with Gasteiger partial charge in [-0.2, -0.15) is 0 Å². The fraction of sp³-hybridized carbons (Fsp3) is 1.00. The van der Waals surface area contributed by atoms with Crippen LogP contribution in [0.1, 0.15) is 106 Å². The molecule has 0 bridgehead atoms. The van der Waals surface area contributed by atoms with Gasteiger partial charge < -0.3 is 10.2 Å². The number of fused-ring (bicyclic) bond motifs is 5. The molecule has 0 aromatic carbocycles. The Hall–Kier alpha value is -0.0800. The minimum absolute atomic E-state index is 0.0417. The van der Waals surface area contributed by atoms with E-state index in [4.69, 9.17) is 0 Å². The predicted octanol–water partition coefficient (Wildman–Crippen LogP) is 6.69. The monoisotopic (exact) mass is 418 g/mol. The average Bonchev–Trinajstić information content (AvgIpc) is 3.04. The summed E-state index contributed by atoms with van der Waals surface area (Å²) in [5.74, 6) is 5.75. The highest BCUT2D eigenvalue weighted by Gasteiger charge is 2.60. The van der Waals surface area contributed by atoms with Crippen LogP contribution in [0.2, 0.25) is 0 Å². The van der Waals surface area contributed by atoms with Crippen LogP contribution in [0, 0.1) is 58.2 Å². The number of aliphatic hydroxyl groups excluding tert-OH is 2. The summed E-state index contributed by atoms with van der Waals surface area (Å²) in [5.41, 5.74) is 0.902. The summed E-state index contributed by atoms with van der Waals surface area (Å²) in [6, 6.07) is 0. The quantitative estimate of drug-likeness (QED) is 0.522. The van der Waals surface area contributed by atoms with Gasteiger partial charge in [-0.1, -0.05) is 41.5 Å². The largest absolute Gasteiger partial charge is 0.393 e. The minimum atomic E-state index is -0.145. The summed E-state index contributed by atoms with van der Waals surface area (Å²) in [7, 11) is 0. The first-order valence-corrected chi connectivity index (χ1v) is 13.4. The van der Waals surface area contributed by atoms with Crippen molar-refractivity contribution in [3.05, 3.63) is 0 Å². The molecule has 0 aromatic heterocycles. The lowest BCUT2D eigenvalue weighted by Gasteiger charge is -2.61. The number of hydrogen-bond donors (Lipinski definition) is 2. The van der Waals surface area contributed by atoms with Gasteiger partial charge in [0.05, 0.1) is 12.2 Å². The maximum absolute atomic E-state index is 11.1. The molecule has 11 atom stereocenters. The lowest BCUT2D eigenvalue weighted by Crippen LogP contribution is -2.54. The highest BCUT2D eigenvalue weighted by Crippen LogP contribution is 2.68. The van der Waals surface area contributed by atoms with E-state index >= 15 is 0 Å². The Labute approximate surface area is 186 Å². The molecule has 2 heteroatoms. The summed E-state index contributed by atoms with van der Waals surface area (Å²) < 4.78 is 0. The standard InChI is InChI=1S/C28H50O2/c1-17(2)18(3)15-26(30)19(4)23-9-10-24-22-8-7-20-16-21(29)11-13-27(20,5)25(22)12-14-28(23,24)6/h17-26,29-30H,7-16H2,1-6H3/t18-,19-,20-,21-,22-,23+,24-,25-,26-,27-,28+/m0/s1. The topological polar surface area (TPSA) is 40.5 Å². The summed E-state index contributed by atoms with van der Waals surface area (Å²) in [6.07, 6.45) is 12.3. The van der Waals surface area contributed by atoms with Crippen molar-refractivity contribution in [2.45, 2.75) is 118 Å². The molecule has 4 saturated carbocycles. The number of hydrogen-bond acceptors (Lipinski definition) is 2. The van der Waals surface area contributed by atoms with E-state index in [9.17, 15) is 10.2 Å². The van der Waals surface area contributed by atoms with Crippen LogP contribution in [-0.2, 0) is 0 Å². The average molecular weight is 419 g/mol. The maximum Gasteiger partial charge on any atom is 0.0571 e. The zero-order chi connectivity index (χ0) is 21.8. The van der Waals surface area contributed by atoms with Gasteiger partial charge in [-0.3, -0.25) is 0 Å². The maximum atomic E-state index is 11.1. The van der Waals surface area contributed by atoms with Crippen molar-refractivity contribution in [3.8, 4) is 0 Å². The van der Waals surface area contributed by atoms with Crippen molar-refractivity contribution in [1.82, 2.24) is 0 Å². The van der Waals surface area contributed by atoms with Gasteiger partial charge >= 0.3 is 0 Å². The van der Waals surface area contributed by atoms with E-state index in [-0.39, 0.29) is 12.2 Å². The van der Waals surface area contributed by atoms with Crippen molar-refractivity contribution in [1.29, 1.82) is 0 Å². The highest BCUT2D eigenvalue weighted by atomic mass is 16.3. The molecule has 0 unspecified atom stereocenters. The molecule has 174 valence electrons. The van der Waals surface area contributed by atoms with Crippen LogP contribution in [0.5, 0.6) is 0 Å². The third-order valence-corrected chi connectivity index (χ3v) is 11.7. The minimum Gasteiger partial charge on any atom is -0.393 e. The zero-order valence-electron chi connectivity index (χ0n) is 20.7. The van der Waals surface area contributed by atoms with Crippen molar-refractivity contribution in [2.75, 3.05) is 0 Å². The molecule has 4 aliphatic carbocycles. The van der Waals surface area contributed by atoms with Gasteiger partial charge in [-0.25, -0.2) is 0 Å².